The maximum Gasteiger partial charge on any atom is 0.230 e. The van der Waals surface area contributed by atoms with Gasteiger partial charge in [-0.15, -0.1) is 11.8 Å². The number of hydrogen-bond acceptors (Lipinski definition) is 4. The largest absolute Gasteiger partial charge is 0.486 e. The average molecular weight is 357 g/mol. The summed E-state index contributed by atoms with van der Waals surface area (Å²) < 4.78 is 11.1. The molecule has 5 heteroatoms. The van der Waals surface area contributed by atoms with Crippen LogP contribution < -0.4 is 14.8 Å². The molecule has 0 aliphatic carbocycles. The van der Waals surface area contributed by atoms with Gasteiger partial charge in [-0.1, -0.05) is 30.3 Å². The van der Waals surface area contributed by atoms with Gasteiger partial charge in [-0.3, -0.25) is 4.79 Å². The standard InChI is InChI=1S/C20H23NO3S/c1-15(7-8-16-5-3-2-4-6-16)21-20(22)14-25-17-9-10-18-19(13-17)24-12-11-23-18/h2-6,9-10,13,15H,7-8,11-12,14H2,1H3,(H,21,22)/t15-/m1/s1. The molecule has 0 aromatic heterocycles. The number of ether oxygens (including phenoxy) is 2. The molecule has 0 bridgehead atoms. The zero-order chi connectivity index (χ0) is 17.5. The average Bonchev–Trinajstić information content (AvgIpc) is 2.65. The lowest BCUT2D eigenvalue weighted by molar-refractivity contribution is -0.119. The van der Waals surface area contributed by atoms with Crippen LogP contribution in [0.2, 0.25) is 0 Å². The number of carbonyl (C=O) groups is 1. The van der Waals surface area contributed by atoms with Crippen LogP contribution in [-0.2, 0) is 11.2 Å². The van der Waals surface area contributed by atoms with Crippen molar-refractivity contribution in [3.63, 3.8) is 0 Å². The van der Waals surface area contributed by atoms with Crippen molar-refractivity contribution >= 4 is 17.7 Å². The summed E-state index contributed by atoms with van der Waals surface area (Å²) >= 11 is 1.51. The van der Waals surface area contributed by atoms with E-state index < -0.39 is 0 Å². The second kappa shape index (κ2) is 8.81. The van der Waals surface area contributed by atoms with E-state index in [4.69, 9.17) is 9.47 Å². The Kier molecular flexibility index (Phi) is 6.23. The number of nitrogens with one attached hydrogen (secondary N) is 1. The van der Waals surface area contributed by atoms with Crippen molar-refractivity contribution in [2.75, 3.05) is 19.0 Å². The van der Waals surface area contributed by atoms with Crippen LogP contribution in [0.1, 0.15) is 18.9 Å². The molecule has 1 N–H and O–H groups in total. The zero-order valence-corrected chi connectivity index (χ0v) is 15.2. The van der Waals surface area contributed by atoms with E-state index in [1.54, 1.807) is 0 Å². The van der Waals surface area contributed by atoms with Crippen molar-refractivity contribution < 1.29 is 14.3 Å². The number of rotatable bonds is 7. The van der Waals surface area contributed by atoms with E-state index in [1.807, 2.05) is 36.4 Å². The summed E-state index contributed by atoms with van der Waals surface area (Å²) in [7, 11) is 0. The second-order valence-corrected chi connectivity index (χ2v) is 7.14. The van der Waals surface area contributed by atoms with E-state index in [0.717, 1.165) is 29.2 Å². The summed E-state index contributed by atoms with van der Waals surface area (Å²) in [6.07, 6.45) is 1.90. The summed E-state index contributed by atoms with van der Waals surface area (Å²) in [5.41, 5.74) is 1.30. The molecule has 1 heterocycles. The number of hydrogen-bond donors (Lipinski definition) is 1. The maximum atomic E-state index is 12.1. The predicted octanol–water partition coefficient (Wildman–Crippen LogP) is 3.69. The molecule has 0 saturated heterocycles. The highest BCUT2D eigenvalue weighted by Crippen LogP contribution is 2.34. The number of amides is 1. The van der Waals surface area contributed by atoms with E-state index in [0.29, 0.717) is 19.0 Å². The van der Waals surface area contributed by atoms with E-state index in [9.17, 15) is 4.79 Å². The van der Waals surface area contributed by atoms with Crippen LogP contribution in [-0.4, -0.2) is 30.9 Å². The lowest BCUT2D eigenvalue weighted by atomic mass is 10.1. The third kappa shape index (κ3) is 5.43. The van der Waals surface area contributed by atoms with Gasteiger partial charge in [0.05, 0.1) is 5.75 Å². The van der Waals surface area contributed by atoms with Crippen LogP contribution in [0.25, 0.3) is 0 Å². The summed E-state index contributed by atoms with van der Waals surface area (Å²) in [5, 5.41) is 3.07. The molecule has 25 heavy (non-hydrogen) atoms. The fourth-order valence-corrected chi connectivity index (χ4v) is 3.41. The molecule has 0 unspecified atom stereocenters. The minimum atomic E-state index is 0.0560. The molecular formula is C20H23NO3S. The number of thioether (sulfide) groups is 1. The summed E-state index contributed by atoms with van der Waals surface area (Å²) in [6, 6.07) is 16.3. The molecular weight excluding hydrogens is 334 g/mol. The van der Waals surface area contributed by atoms with Crippen molar-refractivity contribution in [3.05, 3.63) is 54.1 Å². The lowest BCUT2D eigenvalue weighted by Crippen LogP contribution is -2.34. The van der Waals surface area contributed by atoms with Gasteiger partial charge >= 0.3 is 0 Å². The van der Waals surface area contributed by atoms with Crippen molar-refractivity contribution in [1.29, 1.82) is 0 Å². The van der Waals surface area contributed by atoms with Gasteiger partial charge < -0.3 is 14.8 Å². The quantitative estimate of drug-likeness (QED) is 0.768. The van der Waals surface area contributed by atoms with Crippen LogP contribution in [0.5, 0.6) is 11.5 Å². The molecule has 1 aliphatic rings. The molecule has 0 saturated carbocycles. The Morgan fingerprint density at radius 1 is 1.12 bits per heavy atom. The second-order valence-electron chi connectivity index (χ2n) is 6.09. The van der Waals surface area contributed by atoms with Crippen molar-refractivity contribution in [1.82, 2.24) is 5.32 Å². The first-order valence-corrected chi connectivity index (χ1v) is 9.55. The molecule has 3 rings (SSSR count). The molecule has 0 spiro atoms. The van der Waals surface area contributed by atoms with Gasteiger partial charge in [0.15, 0.2) is 11.5 Å². The fourth-order valence-electron chi connectivity index (χ4n) is 2.68. The molecule has 132 valence electrons. The topological polar surface area (TPSA) is 47.6 Å². The minimum Gasteiger partial charge on any atom is -0.486 e. The monoisotopic (exact) mass is 357 g/mol. The summed E-state index contributed by atoms with van der Waals surface area (Å²) in [6.45, 7) is 3.21. The van der Waals surface area contributed by atoms with Crippen LogP contribution in [0.15, 0.2) is 53.4 Å². The Labute approximate surface area is 152 Å². The van der Waals surface area contributed by atoms with E-state index in [-0.39, 0.29) is 11.9 Å². The highest BCUT2D eigenvalue weighted by molar-refractivity contribution is 8.00. The number of fused-ring (bicyclic) bond motifs is 1. The van der Waals surface area contributed by atoms with Gasteiger partial charge in [-0.05, 0) is 43.5 Å². The first-order valence-electron chi connectivity index (χ1n) is 8.56. The molecule has 0 radical (unpaired) electrons. The van der Waals surface area contributed by atoms with Crippen LogP contribution >= 0.6 is 11.8 Å². The zero-order valence-electron chi connectivity index (χ0n) is 14.4. The van der Waals surface area contributed by atoms with Gasteiger partial charge in [0.1, 0.15) is 13.2 Å². The Hall–Kier alpha value is -2.14. The van der Waals surface area contributed by atoms with Gasteiger partial charge in [-0.25, -0.2) is 0 Å². The Morgan fingerprint density at radius 2 is 1.88 bits per heavy atom. The van der Waals surface area contributed by atoms with Gasteiger partial charge in [0.25, 0.3) is 0 Å². The molecule has 1 aliphatic heterocycles. The van der Waals surface area contributed by atoms with E-state index in [2.05, 4.69) is 24.4 Å². The molecule has 4 nitrogen and oxygen atoms in total. The van der Waals surface area contributed by atoms with Gasteiger partial charge in [0, 0.05) is 10.9 Å². The smallest absolute Gasteiger partial charge is 0.230 e. The molecule has 1 amide bonds. The summed E-state index contributed by atoms with van der Waals surface area (Å²) in [4.78, 5) is 13.1. The van der Waals surface area contributed by atoms with Crippen molar-refractivity contribution in [2.24, 2.45) is 0 Å². The molecule has 0 fully saturated rings. The van der Waals surface area contributed by atoms with E-state index >= 15 is 0 Å². The number of aryl methyl sites for hydroxylation is 1. The third-order valence-corrected chi connectivity index (χ3v) is 4.99. The Bertz CT molecular complexity index is 705. The number of carbonyl (C=O) groups excluding carboxylic acids is 1. The van der Waals surface area contributed by atoms with Crippen molar-refractivity contribution in [3.8, 4) is 11.5 Å². The maximum absolute atomic E-state index is 12.1. The fraction of sp³-hybridized carbons (Fsp3) is 0.350. The van der Waals surface area contributed by atoms with Crippen LogP contribution in [0, 0.1) is 0 Å². The van der Waals surface area contributed by atoms with E-state index in [1.165, 1.54) is 17.3 Å². The minimum absolute atomic E-state index is 0.0560. The van der Waals surface area contributed by atoms with Crippen LogP contribution in [0.3, 0.4) is 0 Å². The highest BCUT2D eigenvalue weighted by Gasteiger charge is 2.13. The third-order valence-electron chi connectivity index (χ3n) is 4.00. The van der Waals surface area contributed by atoms with Gasteiger partial charge in [0.2, 0.25) is 5.91 Å². The molecule has 1 atom stereocenters. The Morgan fingerprint density at radius 3 is 2.68 bits per heavy atom. The summed E-state index contributed by atoms with van der Waals surface area (Å²) in [5.74, 6) is 1.98. The van der Waals surface area contributed by atoms with Crippen LogP contribution in [0.4, 0.5) is 0 Å². The first-order chi connectivity index (χ1) is 12.2. The predicted molar refractivity (Wildman–Crippen MR) is 101 cm³/mol. The first kappa shape index (κ1) is 17.7. The lowest BCUT2D eigenvalue weighted by Gasteiger charge is -2.18. The normalized spacial score (nSPS) is 14.0. The molecule has 2 aromatic rings. The Balaban J connectivity index is 1.41. The SMILES string of the molecule is C[C@H](CCc1ccccc1)NC(=O)CSc1ccc2c(c1)OCCO2. The highest BCUT2D eigenvalue weighted by atomic mass is 32.2. The number of benzene rings is 2. The van der Waals surface area contributed by atoms with Gasteiger partial charge in [-0.2, -0.15) is 0 Å². The van der Waals surface area contributed by atoms with Crippen molar-refractivity contribution in [2.45, 2.75) is 30.7 Å². The molecule has 2 aromatic carbocycles.